The molecular weight excluding hydrogens is 144 g/mol. The minimum absolute atomic E-state index is 0.813. The fourth-order valence-electron chi connectivity index (χ4n) is 0.837. The lowest BCUT2D eigenvalue weighted by molar-refractivity contribution is 0.112. The maximum Gasteiger partial charge on any atom is 0.150 e. The molecule has 0 aliphatic rings. The van der Waals surface area contributed by atoms with Crippen molar-refractivity contribution in [1.29, 1.82) is 0 Å². The van der Waals surface area contributed by atoms with Gasteiger partial charge in [0.1, 0.15) is 0 Å². The summed E-state index contributed by atoms with van der Waals surface area (Å²) in [5, 5.41) is 1.90. The van der Waals surface area contributed by atoms with E-state index >= 15 is 0 Å². The zero-order valence-corrected chi connectivity index (χ0v) is 6.78. The van der Waals surface area contributed by atoms with Crippen LogP contribution in [0, 0.1) is 0 Å². The van der Waals surface area contributed by atoms with E-state index in [1.54, 1.807) is 11.3 Å². The maximum absolute atomic E-state index is 10.2. The van der Waals surface area contributed by atoms with Crippen LogP contribution < -0.4 is 0 Å². The van der Waals surface area contributed by atoms with Gasteiger partial charge in [0.2, 0.25) is 0 Å². The number of thiophene rings is 1. The molecule has 0 radical (unpaired) electrons. The SMILES string of the molecule is CCCc1cc(C=O)cs1. The maximum atomic E-state index is 10.2. The van der Waals surface area contributed by atoms with Crippen molar-refractivity contribution < 1.29 is 4.79 Å². The highest BCUT2D eigenvalue weighted by atomic mass is 32.1. The molecule has 1 heterocycles. The summed E-state index contributed by atoms with van der Waals surface area (Å²) < 4.78 is 0. The zero-order valence-electron chi connectivity index (χ0n) is 5.96. The highest BCUT2D eigenvalue weighted by Crippen LogP contribution is 2.14. The van der Waals surface area contributed by atoms with Crippen LogP contribution in [0.3, 0.4) is 0 Å². The first-order valence-corrected chi connectivity index (χ1v) is 4.27. The van der Waals surface area contributed by atoms with Gasteiger partial charge < -0.3 is 0 Å². The summed E-state index contributed by atoms with van der Waals surface area (Å²) in [5.74, 6) is 0. The monoisotopic (exact) mass is 154 g/mol. The smallest absolute Gasteiger partial charge is 0.150 e. The molecule has 0 unspecified atom stereocenters. The van der Waals surface area contributed by atoms with Gasteiger partial charge >= 0.3 is 0 Å². The van der Waals surface area contributed by atoms with Gasteiger partial charge in [0.25, 0.3) is 0 Å². The van der Waals surface area contributed by atoms with Crippen LogP contribution in [-0.4, -0.2) is 6.29 Å². The van der Waals surface area contributed by atoms with Crippen molar-refractivity contribution in [3.05, 3.63) is 21.9 Å². The van der Waals surface area contributed by atoms with Crippen molar-refractivity contribution in [1.82, 2.24) is 0 Å². The van der Waals surface area contributed by atoms with E-state index in [9.17, 15) is 4.79 Å². The Kier molecular flexibility index (Phi) is 2.63. The van der Waals surface area contributed by atoms with Crippen LogP contribution in [0.15, 0.2) is 11.4 Å². The van der Waals surface area contributed by atoms with Gasteiger partial charge in [0, 0.05) is 15.8 Å². The summed E-state index contributed by atoms with van der Waals surface area (Å²) in [6, 6.07) is 1.96. The number of aldehydes is 1. The van der Waals surface area contributed by atoms with Crippen LogP contribution in [0.4, 0.5) is 0 Å². The summed E-state index contributed by atoms with van der Waals surface area (Å²) in [6.45, 7) is 2.14. The van der Waals surface area contributed by atoms with Gasteiger partial charge in [-0.25, -0.2) is 0 Å². The first-order chi connectivity index (χ1) is 4.86. The molecule has 10 heavy (non-hydrogen) atoms. The van der Waals surface area contributed by atoms with E-state index in [1.807, 2.05) is 11.4 Å². The second-order valence-electron chi connectivity index (χ2n) is 2.21. The second kappa shape index (κ2) is 3.52. The molecule has 0 saturated heterocycles. The van der Waals surface area contributed by atoms with Gasteiger partial charge in [0.05, 0.1) is 0 Å². The molecule has 0 saturated carbocycles. The van der Waals surface area contributed by atoms with Crippen molar-refractivity contribution in [2.75, 3.05) is 0 Å². The molecule has 0 aliphatic carbocycles. The Morgan fingerprint density at radius 2 is 2.50 bits per heavy atom. The molecule has 0 atom stereocenters. The number of carbonyl (C=O) groups excluding carboxylic acids is 1. The molecule has 0 aromatic carbocycles. The summed E-state index contributed by atoms with van der Waals surface area (Å²) in [5.41, 5.74) is 0.813. The van der Waals surface area contributed by atoms with Crippen LogP contribution in [0.2, 0.25) is 0 Å². The molecule has 2 heteroatoms. The van der Waals surface area contributed by atoms with Gasteiger partial charge in [-0.05, 0) is 12.5 Å². The molecule has 0 amide bonds. The number of carbonyl (C=O) groups is 1. The lowest BCUT2D eigenvalue weighted by Gasteiger charge is -1.86. The molecule has 0 aliphatic heterocycles. The molecule has 0 N–H and O–H groups in total. The molecule has 54 valence electrons. The minimum atomic E-state index is 0.813. The first-order valence-electron chi connectivity index (χ1n) is 3.39. The Bertz CT molecular complexity index is 215. The fraction of sp³-hybridized carbons (Fsp3) is 0.375. The van der Waals surface area contributed by atoms with E-state index in [1.165, 1.54) is 4.88 Å². The van der Waals surface area contributed by atoms with Gasteiger partial charge in [-0.1, -0.05) is 13.3 Å². The number of aryl methyl sites for hydroxylation is 1. The van der Waals surface area contributed by atoms with E-state index < -0.39 is 0 Å². The summed E-state index contributed by atoms with van der Waals surface area (Å²) >= 11 is 1.67. The van der Waals surface area contributed by atoms with Crippen LogP contribution in [0.1, 0.15) is 28.6 Å². The lowest BCUT2D eigenvalue weighted by Crippen LogP contribution is -1.74. The highest BCUT2D eigenvalue weighted by molar-refractivity contribution is 7.10. The third kappa shape index (κ3) is 1.67. The van der Waals surface area contributed by atoms with Crippen molar-refractivity contribution in [2.24, 2.45) is 0 Å². The van der Waals surface area contributed by atoms with Crippen LogP contribution in [0.25, 0.3) is 0 Å². The van der Waals surface area contributed by atoms with Crippen molar-refractivity contribution in [3.8, 4) is 0 Å². The van der Waals surface area contributed by atoms with Gasteiger partial charge in [-0.2, -0.15) is 0 Å². The standard InChI is InChI=1S/C8H10OS/c1-2-3-8-4-7(5-9)6-10-8/h4-6H,2-3H2,1H3. The van der Waals surface area contributed by atoms with Crippen molar-refractivity contribution in [2.45, 2.75) is 19.8 Å². The first kappa shape index (κ1) is 7.48. The minimum Gasteiger partial charge on any atom is -0.298 e. The Labute approximate surface area is 64.7 Å². The van der Waals surface area contributed by atoms with E-state index in [2.05, 4.69) is 6.92 Å². The second-order valence-corrected chi connectivity index (χ2v) is 3.21. The molecule has 1 aromatic heterocycles. The largest absolute Gasteiger partial charge is 0.298 e. The number of hydrogen-bond acceptors (Lipinski definition) is 2. The number of hydrogen-bond donors (Lipinski definition) is 0. The van der Waals surface area contributed by atoms with Gasteiger partial charge in [-0.3, -0.25) is 4.79 Å². The molecule has 1 nitrogen and oxygen atoms in total. The third-order valence-corrected chi connectivity index (χ3v) is 2.32. The average molecular weight is 154 g/mol. The quantitative estimate of drug-likeness (QED) is 0.611. The van der Waals surface area contributed by atoms with Crippen LogP contribution >= 0.6 is 11.3 Å². The normalized spacial score (nSPS) is 9.70. The Morgan fingerprint density at radius 1 is 1.70 bits per heavy atom. The molecule has 0 spiro atoms. The van der Waals surface area contributed by atoms with Crippen LogP contribution in [0.5, 0.6) is 0 Å². The van der Waals surface area contributed by atoms with Gasteiger partial charge in [-0.15, -0.1) is 11.3 Å². The lowest BCUT2D eigenvalue weighted by atomic mass is 10.2. The number of rotatable bonds is 3. The summed E-state index contributed by atoms with van der Waals surface area (Å²) in [7, 11) is 0. The molecule has 1 rings (SSSR count). The van der Waals surface area contributed by atoms with Gasteiger partial charge in [0.15, 0.2) is 6.29 Å². The van der Waals surface area contributed by atoms with Crippen LogP contribution in [-0.2, 0) is 6.42 Å². The third-order valence-electron chi connectivity index (χ3n) is 1.31. The fourth-order valence-corrected chi connectivity index (χ4v) is 1.77. The van der Waals surface area contributed by atoms with E-state index in [4.69, 9.17) is 0 Å². The average Bonchev–Trinajstić information content (AvgIpc) is 2.37. The molecule has 0 fully saturated rings. The van der Waals surface area contributed by atoms with E-state index in [-0.39, 0.29) is 0 Å². The van der Waals surface area contributed by atoms with Crippen molar-refractivity contribution in [3.63, 3.8) is 0 Å². The summed E-state index contributed by atoms with van der Waals surface area (Å²) in [4.78, 5) is 11.5. The predicted molar refractivity (Wildman–Crippen MR) is 43.7 cm³/mol. The Hall–Kier alpha value is -0.630. The zero-order chi connectivity index (χ0) is 7.40. The molecule has 0 bridgehead atoms. The highest BCUT2D eigenvalue weighted by Gasteiger charge is 1.95. The van der Waals surface area contributed by atoms with Crippen molar-refractivity contribution >= 4 is 17.6 Å². The summed E-state index contributed by atoms with van der Waals surface area (Å²) in [6.07, 6.45) is 3.15. The topological polar surface area (TPSA) is 17.1 Å². The molecular formula is C8H10OS. The predicted octanol–water partition coefficient (Wildman–Crippen LogP) is 2.51. The van der Waals surface area contributed by atoms with E-state index in [0.717, 1.165) is 24.7 Å². The van der Waals surface area contributed by atoms with E-state index in [0.29, 0.717) is 0 Å². The molecule has 1 aromatic rings. The Balaban J connectivity index is 2.68. The Morgan fingerprint density at radius 3 is 3.00 bits per heavy atom.